The van der Waals surface area contributed by atoms with Crippen molar-refractivity contribution in [3.8, 4) is 0 Å². The highest BCUT2D eigenvalue weighted by molar-refractivity contribution is 5.93. The lowest BCUT2D eigenvalue weighted by molar-refractivity contribution is -0.138. The van der Waals surface area contributed by atoms with E-state index in [-0.39, 0.29) is 11.6 Å². The summed E-state index contributed by atoms with van der Waals surface area (Å²) in [5, 5.41) is 7.81. The van der Waals surface area contributed by atoms with E-state index in [1.54, 1.807) is 12.3 Å². The van der Waals surface area contributed by atoms with Crippen molar-refractivity contribution in [2.75, 3.05) is 36.4 Å². The molecule has 0 aliphatic carbocycles. The van der Waals surface area contributed by atoms with Crippen LogP contribution < -0.4 is 15.5 Å². The SMILES string of the molecule is Cc1c([C@@H](C)Nc2ccnc3ccc(N4CCCNCC4)cc23)cccc1C(F)(F)F. The minimum atomic E-state index is -4.36. The molecular formula is C24H27F3N4. The van der Waals surface area contributed by atoms with Crippen LogP contribution in [-0.2, 0) is 6.18 Å². The van der Waals surface area contributed by atoms with Crippen LogP contribution in [0.5, 0.6) is 0 Å². The average molecular weight is 429 g/mol. The number of hydrogen-bond donors (Lipinski definition) is 2. The molecule has 2 aromatic carbocycles. The minimum Gasteiger partial charge on any atom is -0.378 e. The molecule has 0 saturated carbocycles. The number of rotatable bonds is 4. The minimum absolute atomic E-state index is 0.256. The van der Waals surface area contributed by atoms with E-state index < -0.39 is 11.7 Å². The smallest absolute Gasteiger partial charge is 0.378 e. The van der Waals surface area contributed by atoms with Gasteiger partial charge in [0, 0.05) is 48.6 Å². The zero-order valence-electron chi connectivity index (χ0n) is 17.8. The third-order valence-corrected chi connectivity index (χ3v) is 5.95. The summed E-state index contributed by atoms with van der Waals surface area (Å²) < 4.78 is 40.0. The molecule has 3 aromatic rings. The van der Waals surface area contributed by atoms with Gasteiger partial charge in [0.25, 0.3) is 0 Å². The lowest BCUT2D eigenvalue weighted by atomic mass is 9.97. The zero-order chi connectivity index (χ0) is 22.0. The van der Waals surface area contributed by atoms with Crippen LogP contribution in [0.15, 0.2) is 48.7 Å². The summed E-state index contributed by atoms with van der Waals surface area (Å²) in [6.45, 7) is 7.32. The van der Waals surface area contributed by atoms with Gasteiger partial charge < -0.3 is 15.5 Å². The molecule has 4 rings (SSSR count). The van der Waals surface area contributed by atoms with Crippen molar-refractivity contribution in [3.63, 3.8) is 0 Å². The largest absolute Gasteiger partial charge is 0.416 e. The number of halogens is 3. The first-order valence-electron chi connectivity index (χ1n) is 10.6. The fourth-order valence-corrected chi connectivity index (χ4v) is 4.30. The van der Waals surface area contributed by atoms with E-state index in [1.807, 2.05) is 19.1 Å². The number of nitrogens with zero attached hydrogens (tertiary/aromatic N) is 2. The topological polar surface area (TPSA) is 40.2 Å². The van der Waals surface area contributed by atoms with E-state index in [0.29, 0.717) is 5.56 Å². The van der Waals surface area contributed by atoms with Crippen molar-refractivity contribution in [2.45, 2.75) is 32.5 Å². The summed E-state index contributed by atoms with van der Waals surface area (Å²) in [5.41, 5.74) is 3.16. The molecule has 1 aliphatic heterocycles. The molecule has 0 spiro atoms. The molecule has 164 valence electrons. The standard InChI is InChI=1S/C24H27F3N4/c1-16-19(5-3-6-21(16)24(25,26)27)17(2)30-23-9-11-29-22-8-7-18(15-20(22)23)31-13-4-10-28-12-14-31/h3,5-9,11,15,17,28H,4,10,12-14H2,1-2H3,(H,29,30)/t17-/m1/s1. The summed E-state index contributed by atoms with van der Waals surface area (Å²) in [4.78, 5) is 6.83. The maximum absolute atomic E-state index is 13.3. The Labute approximate surface area is 180 Å². The molecule has 1 atom stereocenters. The summed E-state index contributed by atoms with van der Waals surface area (Å²) in [6.07, 6.45) is -1.55. The van der Waals surface area contributed by atoms with Gasteiger partial charge in [0.1, 0.15) is 0 Å². The van der Waals surface area contributed by atoms with Crippen LogP contribution in [0.3, 0.4) is 0 Å². The number of pyridine rings is 1. The lowest BCUT2D eigenvalue weighted by Crippen LogP contribution is -2.27. The molecule has 0 unspecified atom stereocenters. The van der Waals surface area contributed by atoms with Gasteiger partial charge in [-0.1, -0.05) is 12.1 Å². The molecule has 1 fully saturated rings. The van der Waals surface area contributed by atoms with Crippen LogP contribution in [0.1, 0.15) is 36.1 Å². The molecule has 2 N–H and O–H groups in total. The van der Waals surface area contributed by atoms with Gasteiger partial charge in [-0.25, -0.2) is 0 Å². The summed E-state index contributed by atoms with van der Waals surface area (Å²) in [5.74, 6) is 0. The molecule has 4 nitrogen and oxygen atoms in total. The molecule has 0 bridgehead atoms. The number of fused-ring (bicyclic) bond motifs is 1. The Morgan fingerprint density at radius 2 is 1.94 bits per heavy atom. The van der Waals surface area contributed by atoms with Crippen molar-refractivity contribution in [2.24, 2.45) is 0 Å². The number of anilines is 2. The number of aromatic nitrogens is 1. The van der Waals surface area contributed by atoms with Gasteiger partial charge in [0.05, 0.1) is 11.1 Å². The first-order valence-corrected chi connectivity index (χ1v) is 10.6. The van der Waals surface area contributed by atoms with Crippen LogP contribution in [0.25, 0.3) is 10.9 Å². The zero-order valence-corrected chi connectivity index (χ0v) is 17.8. The molecule has 1 aliphatic rings. The second kappa shape index (κ2) is 8.75. The average Bonchev–Trinajstić information content (AvgIpc) is 3.02. The third-order valence-electron chi connectivity index (χ3n) is 5.95. The Kier molecular flexibility index (Phi) is 6.05. The molecule has 0 radical (unpaired) electrons. The van der Waals surface area contributed by atoms with Gasteiger partial charge in [-0.05, 0) is 68.3 Å². The first kappa shape index (κ1) is 21.4. The van der Waals surface area contributed by atoms with Crippen molar-refractivity contribution in [1.29, 1.82) is 0 Å². The Balaban J connectivity index is 1.66. The van der Waals surface area contributed by atoms with Gasteiger partial charge in [0.2, 0.25) is 0 Å². The van der Waals surface area contributed by atoms with Crippen LogP contribution in [0.4, 0.5) is 24.5 Å². The van der Waals surface area contributed by atoms with Crippen molar-refractivity contribution in [3.05, 3.63) is 65.4 Å². The highest BCUT2D eigenvalue weighted by Crippen LogP contribution is 2.36. The number of alkyl halides is 3. The van der Waals surface area contributed by atoms with E-state index in [1.165, 1.54) is 13.0 Å². The van der Waals surface area contributed by atoms with E-state index in [4.69, 9.17) is 0 Å². The fourth-order valence-electron chi connectivity index (χ4n) is 4.30. The van der Waals surface area contributed by atoms with Crippen LogP contribution >= 0.6 is 0 Å². The fraction of sp³-hybridized carbons (Fsp3) is 0.375. The van der Waals surface area contributed by atoms with Gasteiger partial charge in [0.15, 0.2) is 0 Å². The molecule has 7 heteroatoms. The van der Waals surface area contributed by atoms with Crippen molar-refractivity contribution in [1.82, 2.24) is 10.3 Å². The van der Waals surface area contributed by atoms with Crippen molar-refractivity contribution >= 4 is 22.3 Å². The van der Waals surface area contributed by atoms with Gasteiger partial charge in [-0.3, -0.25) is 4.98 Å². The van der Waals surface area contributed by atoms with Crippen LogP contribution in [0.2, 0.25) is 0 Å². The second-order valence-electron chi connectivity index (χ2n) is 8.03. The highest BCUT2D eigenvalue weighted by Gasteiger charge is 2.33. The van der Waals surface area contributed by atoms with E-state index >= 15 is 0 Å². The van der Waals surface area contributed by atoms with Gasteiger partial charge in [-0.2, -0.15) is 13.2 Å². The number of nitrogens with one attached hydrogen (secondary N) is 2. The Hall–Kier alpha value is -2.80. The molecule has 0 amide bonds. The Morgan fingerprint density at radius 1 is 1.10 bits per heavy atom. The summed E-state index contributed by atoms with van der Waals surface area (Å²) >= 11 is 0. The predicted octanol–water partition coefficient (Wildman–Crippen LogP) is 5.53. The first-order chi connectivity index (χ1) is 14.8. The van der Waals surface area contributed by atoms with Crippen LogP contribution in [0, 0.1) is 6.92 Å². The van der Waals surface area contributed by atoms with Gasteiger partial charge in [-0.15, -0.1) is 0 Å². The monoisotopic (exact) mass is 428 g/mol. The third kappa shape index (κ3) is 4.61. The van der Waals surface area contributed by atoms with Crippen molar-refractivity contribution < 1.29 is 13.2 Å². The molecule has 1 saturated heterocycles. The second-order valence-corrected chi connectivity index (χ2v) is 8.03. The molecule has 2 heterocycles. The highest BCUT2D eigenvalue weighted by atomic mass is 19.4. The molecule has 31 heavy (non-hydrogen) atoms. The maximum atomic E-state index is 13.3. The number of benzene rings is 2. The summed E-state index contributed by atoms with van der Waals surface area (Å²) in [7, 11) is 0. The Bertz CT molecular complexity index is 1060. The predicted molar refractivity (Wildman–Crippen MR) is 120 cm³/mol. The normalized spacial score (nSPS) is 16.2. The van der Waals surface area contributed by atoms with E-state index in [0.717, 1.165) is 60.9 Å². The van der Waals surface area contributed by atoms with E-state index in [9.17, 15) is 13.2 Å². The molecular weight excluding hydrogens is 401 g/mol. The maximum Gasteiger partial charge on any atom is 0.416 e. The number of hydrogen-bond acceptors (Lipinski definition) is 4. The Morgan fingerprint density at radius 3 is 2.74 bits per heavy atom. The van der Waals surface area contributed by atoms with E-state index in [2.05, 4.69) is 32.7 Å². The summed E-state index contributed by atoms with van der Waals surface area (Å²) in [6, 6.07) is 12.2. The lowest BCUT2D eigenvalue weighted by Gasteiger charge is -2.24. The van der Waals surface area contributed by atoms with Gasteiger partial charge >= 0.3 is 6.18 Å². The quantitative estimate of drug-likeness (QED) is 0.573. The molecule has 1 aromatic heterocycles. The van der Waals surface area contributed by atoms with Crippen LogP contribution in [-0.4, -0.2) is 31.2 Å².